The van der Waals surface area contributed by atoms with Crippen LogP contribution in [0, 0.1) is 6.92 Å². The molecule has 4 aromatic rings. The summed E-state index contributed by atoms with van der Waals surface area (Å²) in [5.41, 5.74) is 6.22. The van der Waals surface area contributed by atoms with Crippen molar-refractivity contribution in [2.24, 2.45) is 0 Å². The highest BCUT2D eigenvalue weighted by molar-refractivity contribution is 7.17. The van der Waals surface area contributed by atoms with Crippen LogP contribution in [0.2, 0.25) is 0 Å². The van der Waals surface area contributed by atoms with Gasteiger partial charge in [0.15, 0.2) is 0 Å². The van der Waals surface area contributed by atoms with Gasteiger partial charge < -0.3 is 15.3 Å². The maximum absolute atomic E-state index is 10.6. The summed E-state index contributed by atoms with van der Waals surface area (Å²) in [4.78, 5) is 12.7. The van der Waals surface area contributed by atoms with Crippen LogP contribution in [0.4, 0.5) is 5.82 Å². The second-order valence-electron chi connectivity index (χ2n) is 9.27. The molecule has 1 fully saturated rings. The number of benzene rings is 2. The summed E-state index contributed by atoms with van der Waals surface area (Å²) < 4.78 is 0. The predicted molar refractivity (Wildman–Crippen MR) is 135 cm³/mol. The molecule has 2 N–H and O–H groups in total. The lowest BCUT2D eigenvalue weighted by atomic mass is 10.00. The highest BCUT2D eigenvalue weighted by Gasteiger charge is 2.33. The molecule has 2 unspecified atom stereocenters. The number of fused-ring (bicyclic) bond motifs is 2. The normalized spacial score (nSPS) is 21.0. The van der Waals surface area contributed by atoms with Crippen LogP contribution in [0.3, 0.4) is 0 Å². The van der Waals surface area contributed by atoms with Gasteiger partial charge >= 0.3 is 0 Å². The monoisotopic (exact) mass is 456 g/mol. The first-order valence-electron chi connectivity index (χ1n) is 11.7. The average Bonchev–Trinajstić information content (AvgIpc) is 3.41. The number of aromatic nitrogens is 2. The third kappa shape index (κ3) is 3.82. The molecule has 1 aliphatic carbocycles. The van der Waals surface area contributed by atoms with Gasteiger partial charge in [0.05, 0.1) is 17.5 Å². The largest absolute Gasteiger partial charge is 0.391 e. The van der Waals surface area contributed by atoms with Crippen molar-refractivity contribution in [1.82, 2.24) is 15.3 Å². The van der Waals surface area contributed by atoms with Crippen molar-refractivity contribution >= 4 is 27.4 Å². The SMILES string of the molecule is Cc1ccc(-c2csc3ncnc(N4CCC(NC5c6ccccc6CC5O)CC4)c23)cc1. The van der Waals surface area contributed by atoms with Crippen LogP contribution in [-0.4, -0.2) is 40.3 Å². The molecule has 33 heavy (non-hydrogen) atoms. The van der Waals surface area contributed by atoms with Gasteiger partial charge in [-0.05, 0) is 36.5 Å². The summed E-state index contributed by atoms with van der Waals surface area (Å²) in [5, 5.41) is 17.8. The summed E-state index contributed by atoms with van der Waals surface area (Å²) in [6.45, 7) is 4.00. The zero-order valence-electron chi connectivity index (χ0n) is 18.7. The van der Waals surface area contributed by atoms with E-state index in [1.54, 1.807) is 17.7 Å². The van der Waals surface area contributed by atoms with E-state index in [0.717, 1.165) is 48.4 Å². The van der Waals surface area contributed by atoms with Crippen LogP contribution >= 0.6 is 11.3 Å². The molecule has 0 radical (unpaired) electrons. The van der Waals surface area contributed by atoms with Gasteiger partial charge in [0, 0.05) is 36.5 Å². The highest BCUT2D eigenvalue weighted by Crippen LogP contribution is 2.39. The van der Waals surface area contributed by atoms with E-state index in [9.17, 15) is 5.11 Å². The first kappa shape index (κ1) is 20.8. The molecule has 5 nitrogen and oxygen atoms in total. The summed E-state index contributed by atoms with van der Waals surface area (Å²) in [6, 6.07) is 17.5. The molecule has 2 aromatic heterocycles. The van der Waals surface area contributed by atoms with Crippen LogP contribution in [0.5, 0.6) is 0 Å². The van der Waals surface area contributed by atoms with E-state index in [1.165, 1.54) is 27.8 Å². The minimum Gasteiger partial charge on any atom is -0.391 e. The van der Waals surface area contributed by atoms with Crippen molar-refractivity contribution in [2.75, 3.05) is 18.0 Å². The van der Waals surface area contributed by atoms with Gasteiger partial charge in [0.2, 0.25) is 0 Å². The first-order valence-corrected chi connectivity index (χ1v) is 12.6. The number of aryl methyl sites for hydroxylation is 1. The zero-order valence-corrected chi connectivity index (χ0v) is 19.6. The van der Waals surface area contributed by atoms with Crippen LogP contribution in [0.25, 0.3) is 21.3 Å². The lowest BCUT2D eigenvalue weighted by molar-refractivity contribution is 0.131. The lowest BCUT2D eigenvalue weighted by Gasteiger charge is -2.35. The Morgan fingerprint density at radius 2 is 1.82 bits per heavy atom. The van der Waals surface area contributed by atoms with Gasteiger partial charge in [0.25, 0.3) is 0 Å². The molecule has 2 aromatic carbocycles. The minimum atomic E-state index is -0.343. The number of hydrogen-bond donors (Lipinski definition) is 2. The molecule has 6 rings (SSSR count). The second-order valence-corrected chi connectivity index (χ2v) is 10.1. The number of rotatable bonds is 4. The maximum Gasteiger partial charge on any atom is 0.141 e. The fourth-order valence-corrected chi connectivity index (χ4v) is 6.24. The number of thiophene rings is 1. The van der Waals surface area contributed by atoms with Crippen molar-refractivity contribution in [3.05, 3.63) is 76.9 Å². The smallest absolute Gasteiger partial charge is 0.141 e. The molecule has 2 atom stereocenters. The molecule has 6 heteroatoms. The standard InChI is InChI=1S/C27H28N4OS/c1-17-6-8-18(9-7-17)22-15-33-27-24(22)26(28-16-29-27)31-12-10-20(11-13-31)30-25-21-5-3-2-4-19(21)14-23(25)32/h2-9,15-16,20,23,25,30,32H,10-14H2,1H3. The van der Waals surface area contributed by atoms with E-state index in [0.29, 0.717) is 6.04 Å². The molecule has 0 saturated carbocycles. The summed E-state index contributed by atoms with van der Waals surface area (Å²) in [6.07, 6.45) is 4.15. The number of aliphatic hydroxyl groups excluding tert-OH is 1. The Labute approximate surface area is 198 Å². The molecule has 0 amide bonds. The van der Waals surface area contributed by atoms with E-state index in [4.69, 9.17) is 4.98 Å². The highest BCUT2D eigenvalue weighted by atomic mass is 32.1. The molecule has 1 saturated heterocycles. The Morgan fingerprint density at radius 1 is 1.03 bits per heavy atom. The van der Waals surface area contributed by atoms with Crippen molar-refractivity contribution in [1.29, 1.82) is 0 Å². The number of aliphatic hydroxyl groups is 1. The number of nitrogens with one attached hydrogen (secondary N) is 1. The number of nitrogens with zero attached hydrogens (tertiary/aromatic N) is 3. The van der Waals surface area contributed by atoms with Crippen LogP contribution in [-0.2, 0) is 6.42 Å². The Bertz CT molecular complexity index is 1280. The Balaban J connectivity index is 1.21. The molecule has 0 spiro atoms. The minimum absolute atomic E-state index is 0.0357. The number of piperidine rings is 1. The predicted octanol–water partition coefficient (Wildman–Crippen LogP) is 4.88. The molecule has 168 valence electrons. The van der Waals surface area contributed by atoms with Crippen LogP contribution in [0.15, 0.2) is 60.2 Å². The van der Waals surface area contributed by atoms with Crippen LogP contribution < -0.4 is 10.2 Å². The third-order valence-corrected chi connectivity index (χ3v) is 8.01. The van der Waals surface area contributed by atoms with Gasteiger partial charge in [-0.25, -0.2) is 9.97 Å². The fourth-order valence-electron chi connectivity index (χ4n) is 5.33. The van der Waals surface area contributed by atoms with Crippen molar-refractivity contribution in [2.45, 2.75) is 44.4 Å². The summed E-state index contributed by atoms with van der Waals surface area (Å²) in [5.74, 6) is 1.04. The molecule has 1 aliphatic heterocycles. The number of hydrogen-bond acceptors (Lipinski definition) is 6. The van der Waals surface area contributed by atoms with E-state index in [2.05, 4.69) is 76.0 Å². The Morgan fingerprint density at radius 3 is 2.64 bits per heavy atom. The topological polar surface area (TPSA) is 61.3 Å². The molecule has 2 aliphatic rings. The van der Waals surface area contributed by atoms with Crippen molar-refractivity contribution in [3.8, 4) is 11.1 Å². The maximum atomic E-state index is 10.6. The Hall–Kier alpha value is -2.80. The van der Waals surface area contributed by atoms with Crippen LogP contribution in [0.1, 0.15) is 35.6 Å². The second kappa shape index (κ2) is 8.52. The van der Waals surface area contributed by atoms with Crippen molar-refractivity contribution in [3.63, 3.8) is 0 Å². The summed E-state index contributed by atoms with van der Waals surface area (Å²) >= 11 is 1.69. The molecular formula is C27H28N4OS. The average molecular weight is 457 g/mol. The zero-order chi connectivity index (χ0) is 22.4. The van der Waals surface area contributed by atoms with Crippen molar-refractivity contribution < 1.29 is 5.11 Å². The van der Waals surface area contributed by atoms with Gasteiger partial charge in [0.1, 0.15) is 17.0 Å². The van der Waals surface area contributed by atoms with E-state index < -0.39 is 0 Å². The third-order valence-electron chi connectivity index (χ3n) is 7.13. The first-order chi connectivity index (χ1) is 16.2. The van der Waals surface area contributed by atoms with E-state index in [1.807, 2.05) is 0 Å². The van der Waals surface area contributed by atoms with E-state index >= 15 is 0 Å². The molecule has 0 bridgehead atoms. The van der Waals surface area contributed by atoms with Gasteiger partial charge in [-0.15, -0.1) is 11.3 Å². The van der Waals surface area contributed by atoms with E-state index in [-0.39, 0.29) is 12.1 Å². The molecule has 3 heterocycles. The summed E-state index contributed by atoms with van der Waals surface area (Å²) in [7, 11) is 0. The lowest BCUT2D eigenvalue weighted by Crippen LogP contribution is -2.45. The quantitative estimate of drug-likeness (QED) is 0.458. The van der Waals surface area contributed by atoms with Gasteiger partial charge in [-0.2, -0.15) is 0 Å². The fraction of sp³-hybridized carbons (Fsp3) is 0.333. The Kier molecular flexibility index (Phi) is 5.37. The van der Waals surface area contributed by atoms with Gasteiger partial charge in [-0.3, -0.25) is 0 Å². The number of anilines is 1. The molecular weight excluding hydrogens is 428 g/mol. The van der Waals surface area contributed by atoms with Gasteiger partial charge in [-0.1, -0.05) is 54.1 Å².